The molecular formula is C14H18OS. The number of aryl methyl sites for hydroxylation is 2. The summed E-state index contributed by atoms with van der Waals surface area (Å²) in [6, 6.07) is 2.20. The molecule has 1 atom stereocenters. The van der Waals surface area contributed by atoms with Gasteiger partial charge in [0.05, 0.1) is 6.10 Å². The van der Waals surface area contributed by atoms with Crippen molar-refractivity contribution in [3.63, 3.8) is 0 Å². The minimum atomic E-state index is -0.385. The Balaban J connectivity index is 2.13. The van der Waals surface area contributed by atoms with Crippen molar-refractivity contribution in [3.05, 3.63) is 21.4 Å². The largest absolute Gasteiger partial charge is 0.387 e. The molecule has 2 rings (SSSR count). The van der Waals surface area contributed by atoms with Gasteiger partial charge in [-0.25, -0.2) is 0 Å². The van der Waals surface area contributed by atoms with Gasteiger partial charge in [-0.05, 0) is 44.2 Å². The van der Waals surface area contributed by atoms with Crippen molar-refractivity contribution in [3.8, 4) is 11.8 Å². The summed E-state index contributed by atoms with van der Waals surface area (Å²) < 4.78 is 0. The van der Waals surface area contributed by atoms with E-state index in [-0.39, 0.29) is 6.10 Å². The van der Waals surface area contributed by atoms with Crippen molar-refractivity contribution in [1.29, 1.82) is 0 Å². The summed E-state index contributed by atoms with van der Waals surface area (Å²) in [4.78, 5) is 2.60. The lowest BCUT2D eigenvalue weighted by Gasteiger charge is -2.02. The first-order valence-electron chi connectivity index (χ1n) is 6.00. The third-order valence-electron chi connectivity index (χ3n) is 3.07. The Bertz CT molecular complexity index is 385. The Labute approximate surface area is 102 Å². The molecular weight excluding hydrogens is 216 g/mol. The van der Waals surface area contributed by atoms with E-state index in [0.29, 0.717) is 6.42 Å². The molecule has 0 spiro atoms. The lowest BCUT2D eigenvalue weighted by Crippen LogP contribution is -1.92. The monoisotopic (exact) mass is 234 g/mol. The van der Waals surface area contributed by atoms with E-state index in [9.17, 15) is 5.11 Å². The summed E-state index contributed by atoms with van der Waals surface area (Å²) in [5, 5.41) is 9.98. The van der Waals surface area contributed by atoms with E-state index in [2.05, 4.69) is 17.9 Å². The summed E-state index contributed by atoms with van der Waals surface area (Å²) in [6.07, 6.45) is 6.52. The van der Waals surface area contributed by atoms with Crippen molar-refractivity contribution in [1.82, 2.24) is 0 Å². The lowest BCUT2D eigenvalue weighted by atomic mass is 10.1. The SMILES string of the molecule is CC#CCC(O)c1cc2c(s1)CCCCC2. The van der Waals surface area contributed by atoms with Gasteiger partial charge in [0.1, 0.15) is 0 Å². The van der Waals surface area contributed by atoms with Crippen LogP contribution in [0.15, 0.2) is 6.07 Å². The molecule has 0 saturated heterocycles. The predicted molar refractivity (Wildman–Crippen MR) is 68.6 cm³/mol. The molecule has 1 heterocycles. The maximum Gasteiger partial charge on any atom is 0.0990 e. The maximum atomic E-state index is 9.98. The number of hydrogen-bond acceptors (Lipinski definition) is 2. The van der Waals surface area contributed by atoms with Gasteiger partial charge in [0.2, 0.25) is 0 Å². The second kappa shape index (κ2) is 5.52. The van der Waals surface area contributed by atoms with Crippen molar-refractivity contribution in [2.45, 2.75) is 51.6 Å². The van der Waals surface area contributed by atoms with E-state index < -0.39 is 0 Å². The van der Waals surface area contributed by atoms with Crippen LogP contribution in [0.5, 0.6) is 0 Å². The molecule has 1 aromatic rings. The third kappa shape index (κ3) is 2.66. The number of fused-ring (bicyclic) bond motifs is 1. The van der Waals surface area contributed by atoms with E-state index in [1.165, 1.54) is 42.5 Å². The van der Waals surface area contributed by atoms with Crippen LogP contribution < -0.4 is 0 Å². The van der Waals surface area contributed by atoms with Crippen LogP contribution in [0, 0.1) is 11.8 Å². The van der Waals surface area contributed by atoms with Gasteiger partial charge in [-0.2, -0.15) is 0 Å². The summed E-state index contributed by atoms with van der Waals surface area (Å²) >= 11 is 1.79. The zero-order valence-electron chi connectivity index (χ0n) is 9.75. The number of hydrogen-bond donors (Lipinski definition) is 1. The molecule has 0 aliphatic heterocycles. The minimum Gasteiger partial charge on any atom is -0.387 e. The van der Waals surface area contributed by atoms with Gasteiger partial charge in [0.15, 0.2) is 0 Å². The zero-order valence-corrected chi connectivity index (χ0v) is 10.6. The van der Waals surface area contributed by atoms with E-state index in [0.717, 1.165) is 4.88 Å². The Hall–Kier alpha value is -0.780. The molecule has 86 valence electrons. The molecule has 0 aromatic carbocycles. The summed E-state index contributed by atoms with van der Waals surface area (Å²) in [6.45, 7) is 1.82. The molecule has 0 fully saturated rings. The van der Waals surface area contributed by atoms with Crippen LogP contribution in [-0.4, -0.2) is 5.11 Å². The van der Waals surface area contributed by atoms with Gasteiger partial charge in [0, 0.05) is 16.2 Å². The average Bonchev–Trinajstić information content (AvgIpc) is 2.58. The Morgan fingerprint density at radius 3 is 3.00 bits per heavy atom. The van der Waals surface area contributed by atoms with Crippen LogP contribution in [0.4, 0.5) is 0 Å². The molecule has 1 N–H and O–H groups in total. The molecule has 2 heteroatoms. The second-order valence-electron chi connectivity index (χ2n) is 4.30. The lowest BCUT2D eigenvalue weighted by molar-refractivity contribution is 0.188. The van der Waals surface area contributed by atoms with Crippen LogP contribution in [0.2, 0.25) is 0 Å². The molecule has 0 radical (unpaired) electrons. The Morgan fingerprint density at radius 1 is 1.38 bits per heavy atom. The number of thiophene rings is 1. The Kier molecular flexibility index (Phi) is 4.04. The number of aliphatic hydroxyl groups is 1. The van der Waals surface area contributed by atoms with Crippen molar-refractivity contribution >= 4 is 11.3 Å². The number of rotatable bonds is 2. The minimum absolute atomic E-state index is 0.385. The van der Waals surface area contributed by atoms with Crippen LogP contribution in [0.3, 0.4) is 0 Å². The fourth-order valence-corrected chi connectivity index (χ4v) is 3.40. The van der Waals surface area contributed by atoms with Crippen LogP contribution in [-0.2, 0) is 12.8 Å². The molecule has 0 saturated carbocycles. The van der Waals surface area contributed by atoms with Crippen LogP contribution in [0.1, 0.15) is 54.0 Å². The average molecular weight is 234 g/mol. The topological polar surface area (TPSA) is 20.2 Å². The van der Waals surface area contributed by atoms with Gasteiger partial charge in [-0.3, -0.25) is 0 Å². The van der Waals surface area contributed by atoms with Gasteiger partial charge in [-0.1, -0.05) is 6.42 Å². The fourth-order valence-electron chi connectivity index (χ4n) is 2.15. The highest BCUT2D eigenvalue weighted by atomic mass is 32.1. The molecule has 1 aliphatic rings. The quantitative estimate of drug-likeness (QED) is 0.613. The molecule has 1 nitrogen and oxygen atoms in total. The van der Waals surface area contributed by atoms with Crippen molar-refractivity contribution < 1.29 is 5.11 Å². The molecule has 0 amide bonds. The second-order valence-corrected chi connectivity index (χ2v) is 5.47. The maximum absolute atomic E-state index is 9.98. The van der Waals surface area contributed by atoms with Gasteiger partial charge >= 0.3 is 0 Å². The first-order chi connectivity index (χ1) is 7.81. The number of aliphatic hydroxyl groups excluding tert-OH is 1. The molecule has 16 heavy (non-hydrogen) atoms. The van der Waals surface area contributed by atoms with Crippen LogP contribution in [0.25, 0.3) is 0 Å². The molecule has 1 aromatic heterocycles. The standard InChI is InChI=1S/C14H18OS/c1-2-3-8-12(15)14-10-11-7-5-4-6-9-13(11)16-14/h10,12,15H,4-9H2,1H3. The molecule has 1 unspecified atom stereocenters. The van der Waals surface area contributed by atoms with E-state index in [4.69, 9.17) is 0 Å². The Morgan fingerprint density at radius 2 is 2.19 bits per heavy atom. The van der Waals surface area contributed by atoms with Crippen molar-refractivity contribution in [2.75, 3.05) is 0 Å². The third-order valence-corrected chi connectivity index (χ3v) is 4.40. The normalized spacial score (nSPS) is 16.9. The summed E-state index contributed by atoms with van der Waals surface area (Å²) in [5.74, 6) is 5.78. The zero-order chi connectivity index (χ0) is 11.4. The first-order valence-corrected chi connectivity index (χ1v) is 6.82. The van der Waals surface area contributed by atoms with Gasteiger partial charge in [0.25, 0.3) is 0 Å². The van der Waals surface area contributed by atoms with Gasteiger partial charge < -0.3 is 5.11 Å². The van der Waals surface area contributed by atoms with Crippen LogP contribution >= 0.6 is 11.3 Å². The smallest absolute Gasteiger partial charge is 0.0990 e. The summed E-state index contributed by atoms with van der Waals surface area (Å²) in [7, 11) is 0. The van der Waals surface area contributed by atoms with E-state index in [1.54, 1.807) is 11.3 Å². The summed E-state index contributed by atoms with van der Waals surface area (Å²) in [5.41, 5.74) is 1.47. The van der Waals surface area contributed by atoms with Gasteiger partial charge in [-0.15, -0.1) is 23.2 Å². The predicted octanol–water partition coefficient (Wildman–Crippen LogP) is 3.46. The van der Waals surface area contributed by atoms with Crippen molar-refractivity contribution in [2.24, 2.45) is 0 Å². The molecule has 1 aliphatic carbocycles. The highest BCUT2D eigenvalue weighted by Gasteiger charge is 2.16. The van der Waals surface area contributed by atoms with E-state index in [1.807, 2.05) is 6.92 Å². The fraction of sp³-hybridized carbons (Fsp3) is 0.571. The molecule has 0 bridgehead atoms. The highest BCUT2D eigenvalue weighted by Crippen LogP contribution is 2.33. The van der Waals surface area contributed by atoms with E-state index >= 15 is 0 Å². The highest BCUT2D eigenvalue weighted by molar-refractivity contribution is 7.12. The first kappa shape index (κ1) is 11.7.